The summed E-state index contributed by atoms with van der Waals surface area (Å²) >= 11 is 0. The maximum absolute atomic E-state index is 13.6. The van der Waals surface area contributed by atoms with Crippen LogP contribution in [0.25, 0.3) is 21.8 Å². The van der Waals surface area contributed by atoms with Gasteiger partial charge >= 0.3 is 12.1 Å². The van der Waals surface area contributed by atoms with Crippen LogP contribution in [0.15, 0.2) is 48.5 Å². The number of carboxylic acid groups (broad SMARTS) is 1. The predicted octanol–water partition coefficient (Wildman–Crippen LogP) is 4.40. The molecular formula is C53H78N12O9. The lowest BCUT2D eigenvalue weighted by molar-refractivity contribution is -0.139. The lowest BCUT2D eigenvalue weighted by atomic mass is 9.99. The number of hydrogen-bond donors (Lipinski definition) is 8. The van der Waals surface area contributed by atoms with E-state index >= 15 is 0 Å². The third kappa shape index (κ3) is 13.0. The molecule has 2 saturated heterocycles. The average molecular weight is 1030 g/mol. The highest BCUT2D eigenvalue weighted by atomic mass is 16.6. The van der Waals surface area contributed by atoms with Crippen LogP contribution >= 0.6 is 0 Å². The number of benzene rings is 2. The number of carbonyl (C=O) groups is 7. The number of aromatic nitrogens is 4. The zero-order chi connectivity index (χ0) is 54.3. The quantitative estimate of drug-likeness (QED) is 0.0923. The Bertz CT molecular complexity index is 2640. The van der Waals surface area contributed by atoms with Gasteiger partial charge in [0.25, 0.3) is 5.91 Å². The number of aromatic amines is 2. The summed E-state index contributed by atoms with van der Waals surface area (Å²) in [5.41, 5.74) is 7.62. The highest BCUT2D eigenvalue weighted by Crippen LogP contribution is 2.40. The van der Waals surface area contributed by atoms with Crippen molar-refractivity contribution in [2.45, 2.75) is 155 Å². The molecule has 8 rings (SSSR count). The van der Waals surface area contributed by atoms with Gasteiger partial charge in [0, 0.05) is 49.0 Å². The maximum Gasteiger partial charge on any atom is 0.410 e. The summed E-state index contributed by atoms with van der Waals surface area (Å²) in [6.45, 7) is 17.7. The Balaban J connectivity index is 0.000000198. The summed E-state index contributed by atoms with van der Waals surface area (Å²) in [6, 6.07) is 12.1. The normalized spacial score (nSPS) is 22.6. The Hall–Kier alpha value is -6.61. The van der Waals surface area contributed by atoms with E-state index in [4.69, 9.17) is 15.6 Å². The minimum Gasteiger partial charge on any atom is -0.476 e. The van der Waals surface area contributed by atoms with Gasteiger partial charge in [0.1, 0.15) is 23.7 Å². The van der Waals surface area contributed by atoms with Crippen molar-refractivity contribution >= 4 is 63.4 Å². The van der Waals surface area contributed by atoms with Crippen LogP contribution in [0.4, 0.5) is 4.79 Å². The van der Waals surface area contributed by atoms with E-state index in [9.17, 15) is 33.6 Å². The lowest BCUT2D eigenvalue weighted by Gasteiger charge is -2.34. The first-order valence-corrected chi connectivity index (χ1v) is 25.9. The molecule has 404 valence electrons. The van der Waals surface area contributed by atoms with Crippen LogP contribution in [0.5, 0.6) is 0 Å². The number of carboxylic acids is 1. The number of para-hydroxylation sites is 2. The Labute approximate surface area is 433 Å². The SMILES string of the molecule is CC(C)[C@H](NC(=O)[C@H](C)N(C)C(=O)OC(C)(C)C)C(=O)N1CCC2CCC(N)C21.CN[C@@H](C)C(=O)N[C@H](C(=O)N1CCC2CCC(NC(=O)c3n[nH]c4ccccc34)C21)C(C)C.O=C(O)c1n[nH]c2ccccc12. The van der Waals surface area contributed by atoms with Crippen LogP contribution in [0.3, 0.4) is 0 Å². The molecule has 9 N–H and O–H groups in total. The van der Waals surface area contributed by atoms with Crippen molar-refractivity contribution in [2.24, 2.45) is 29.4 Å². The molecule has 74 heavy (non-hydrogen) atoms. The summed E-state index contributed by atoms with van der Waals surface area (Å²) in [5.74, 6) is -1.26. The van der Waals surface area contributed by atoms with Gasteiger partial charge in [-0.15, -0.1) is 0 Å². The van der Waals surface area contributed by atoms with Gasteiger partial charge in [0.05, 0.1) is 23.1 Å². The number of nitrogens with one attached hydrogen (secondary N) is 6. The Morgan fingerprint density at radius 1 is 0.716 bits per heavy atom. The molecule has 2 aliphatic heterocycles. The highest BCUT2D eigenvalue weighted by Gasteiger charge is 2.49. The highest BCUT2D eigenvalue weighted by molar-refractivity contribution is 6.05. The first kappa shape index (κ1) is 56.7. The van der Waals surface area contributed by atoms with E-state index in [1.54, 1.807) is 59.9 Å². The molecule has 2 aromatic heterocycles. The first-order chi connectivity index (χ1) is 34.9. The van der Waals surface area contributed by atoms with Crippen LogP contribution in [-0.2, 0) is 23.9 Å². The van der Waals surface area contributed by atoms with E-state index in [0.717, 1.165) is 54.9 Å². The lowest BCUT2D eigenvalue weighted by Crippen LogP contribution is -2.58. The van der Waals surface area contributed by atoms with Gasteiger partial charge in [-0.2, -0.15) is 10.2 Å². The summed E-state index contributed by atoms with van der Waals surface area (Å²) in [5, 5.41) is 35.4. The minimum atomic E-state index is -1.01. The standard InChI is InChI=1S/C24H34N6O3.C21H38N4O4.C8H6N2O2/c1-13(2)19(27-22(31)14(3)25-4)24(33)30-12-11-15-9-10-18(21(15)30)26-23(32)20-16-7-5-6-8-17(16)28-29-20;1-12(2)16(19(27)25-11-10-14-8-9-15(22)17(14)25)23-18(26)13(3)24(7)20(28)29-21(4,5)6;11-8(12)7-5-3-1-2-4-6(5)9-10-7/h5-8,13-15,18-19,21,25H,9-12H2,1-4H3,(H,26,32)(H,27,31)(H,28,29);12-17H,8-11,22H2,1-7H3,(H,23,26);1-4H,(H,9,10)(H,11,12)/t14-,15?,18?,19-,21?;13-,14?,15?,16-,17?;/m00./s1. The Kier molecular flexibility index (Phi) is 18.5. The molecule has 0 radical (unpaired) electrons. The number of hydrogen-bond acceptors (Lipinski definition) is 12. The third-order valence-corrected chi connectivity index (χ3v) is 14.9. The molecule has 4 heterocycles. The van der Waals surface area contributed by atoms with Gasteiger partial charge in [-0.1, -0.05) is 64.1 Å². The average Bonchev–Trinajstić information content (AvgIpc) is 4.23. The second kappa shape index (κ2) is 24.2. The van der Waals surface area contributed by atoms with Crippen molar-refractivity contribution in [1.82, 2.24) is 56.4 Å². The molecule has 0 bridgehead atoms. The monoisotopic (exact) mass is 1030 g/mol. The summed E-state index contributed by atoms with van der Waals surface area (Å²) < 4.78 is 5.33. The Morgan fingerprint density at radius 2 is 1.20 bits per heavy atom. The van der Waals surface area contributed by atoms with Crippen molar-refractivity contribution in [3.05, 3.63) is 59.9 Å². The minimum absolute atomic E-state index is 0.00666. The number of rotatable bonds is 13. The van der Waals surface area contributed by atoms with Gasteiger partial charge < -0.3 is 46.6 Å². The number of aromatic carboxylic acids is 1. The van der Waals surface area contributed by atoms with E-state index in [-0.39, 0.29) is 77.3 Å². The molecule has 10 atom stereocenters. The number of fused-ring (bicyclic) bond motifs is 4. The van der Waals surface area contributed by atoms with Crippen LogP contribution in [-0.4, -0.2) is 163 Å². The number of ether oxygens (including phenoxy) is 1. The fourth-order valence-corrected chi connectivity index (χ4v) is 10.6. The fourth-order valence-electron chi connectivity index (χ4n) is 10.6. The predicted molar refractivity (Wildman–Crippen MR) is 280 cm³/mol. The first-order valence-electron chi connectivity index (χ1n) is 25.9. The van der Waals surface area contributed by atoms with Crippen LogP contribution in [0.1, 0.15) is 122 Å². The fraction of sp³-hybridized carbons (Fsp3) is 0.604. The van der Waals surface area contributed by atoms with Crippen molar-refractivity contribution in [1.29, 1.82) is 0 Å². The second-order valence-electron chi connectivity index (χ2n) is 21.8. The van der Waals surface area contributed by atoms with Gasteiger partial charge in [0.2, 0.25) is 23.6 Å². The van der Waals surface area contributed by atoms with E-state index < -0.39 is 35.8 Å². The topological polar surface area (TPSA) is 290 Å². The molecule has 4 aliphatic rings. The number of likely N-dealkylation sites (tertiary alicyclic amines) is 2. The molecule has 0 spiro atoms. The molecule has 6 unspecified atom stereocenters. The molecule has 2 saturated carbocycles. The molecule has 4 aromatic rings. The zero-order valence-corrected chi connectivity index (χ0v) is 44.7. The number of H-pyrrole nitrogens is 2. The Morgan fingerprint density at radius 3 is 1.73 bits per heavy atom. The van der Waals surface area contributed by atoms with Crippen LogP contribution in [0, 0.1) is 23.7 Å². The molecular weight excluding hydrogens is 949 g/mol. The van der Waals surface area contributed by atoms with E-state index in [0.29, 0.717) is 36.0 Å². The van der Waals surface area contributed by atoms with Crippen molar-refractivity contribution in [3.63, 3.8) is 0 Å². The maximum atomic E-state index is 13.6. The molecule has 21 nitrogen and oxygen atoms in total. The van der Waals surface area contributed by atoms with Crippen molar-refractivity contribution in [3.8, 4) is 0 Å². The van der Waals surface area contributed by atoms with Gasteiger partial charge in [-0.25, -0.2) is 9.59 Å². The smallest absolute Gasteiger partial charge is 0.410 e. The molecule has 2 aromatic carbocycles. The van der Waals surface area contributed by atoms with E-state index in [1.165, 1.54) is 11.9 Å². The van der Waals surface area contributed by atoms with Crippen molar-refractivity contribution in [2.75, 3.05) is 27.2 Å². The zero-order valence-electron chi connectivity index (χ0n) is 44.7. The van der Waals surface area contributed by atoms with Crippen molar-refractivity contribution < 1.29 is 43.4 Å². The molecule has 6 amide bonds. The molecule has 2 aliphatic carbocycles. The molecule has 21 heteroatoms. The van der Waals surface area contributed by atoms with Crippen LogP contribution < -0.4 is 27.0 Å². The van der Waals surface area contributed by atoms with Crippen LogP contribution in [0.2, 0.25) is 0 Å². The van der Waals surface area contributed by atoms with Gasteiger partial charge in [-0.3, -0.25) is 39.1 Å². The molecule has 4 fully saturated rings. The van der Waals surface area contributed by atoms with Gasteiger partial charge in [0.15, 0.2) is 11.4 Å². The number of carbonyl (C=O) groups excluding carboxylic acids is 6. The van der Waals surface area contributed by atoms with Gasteiger partial charge in [-0.05, 0) is 116 Å². The van der Waals surface area contributed by atoms with E-state index in [2.05, 4.69) is 41.7 Å². The number of amides is 6. The number of nitrogens with zero attached hydrogens (tertiary/aromatic N) is 5. The summed E-state index contributed by atoms with van der Waals surface area (Å²) in [6.07, 6.45) is 5.10. The summed E-state index contributed by atoms with van der Waals surface area (Å²) in [4.78, 5) is 93.1. The second-order valence-corrected chi connectivity index (χ2v) is 21.8. The van der Waals surface area contributed by atoms with E-state index in [1.807, 2.05) is 67.8 Å². The third-order valence-electron chi connectivity index (χ3n) is 14.9. The number of nitrogens with two attached hydrogens (primary N) is 1. The number of likely N-dealkylation sites (N-methyl/N-ethyl adjacent to an activating group) is 2. The summed E-state index contributed by atoms with van der Waals surface area (Å²) in [7, 11) is 3.24. The largest absolute Gasteiger partial charge is 0.476 e.